The molecular formula is C12H12O. The average molecular weight is 172 g/mol. The van der Waals surface area contributed by atoms with Gasteiger partial charge in [0.25, 0.3) is 0 Å². The third kappa shape index (κ3) is 1.20. The van der Waals surface area contributed by atoms with E-state index >= 15 is 0 Å². The fourth-order valence-corrected chi connectivity index (χ4v) is 2.07. The molecule has 1 aliphatic carbocycles. The topological polar surface area (TPSA) is 12.5 Å². The first-order valence-electron chi connectivity index (χ1n) is 4.86. The van der Waals surface area contributed by atoms with Crippen LogP contribution in [0.3, 0.4) is 0 Å². The number of rotatable bonds is 1. The molecule has 0 radical (unpaired) electrons. The van der Waals surface area contributed by atoms with E-state index in [-0.39, 0.29) is 0 Å². The van der Waals surface area contributed by atoms with Crippen molar-refractivity contribution in [2.75, 3.05) is 0 Å². The summed E-state index contributed by atoms with van der Waals surface area (Å²) in [6.07, 6.45) is 5.65. The predicted octanol–water partition coefficient (Wildman–Crippen LogP) is 2.63. The Morgan fingerprint density at radius 1 is 1.15 bits per heavy atom. The number of epoxide rings is 1. The van der Waals surface area contributed by atoms with Crippen LogP contribution in [0.5, 0.6) is 0 Å². The quantitative estimate of drug-likeness (QED) is 0.593. The second-order valence-electron chi connectivity index (χ2n) is 3.70. The monoisotopic (exact) mass is 172 g/mol. The Labute approximate surface area is 78.0 Å². The van der Waals surface area contributed by atoms with Gasteiger partial charge in [-0.15, -0.1) is 0 Å². The lowest BCUT2D eigenvalue weighted by atomic mass is 9.94. The molecule has 1 aliphatic heterocycles. The number of hydrogen-bond donors (Lipinski definition) is 0. The van der Waals surface area contributed by atoms with Crippen LogP contribution >= 0.6 is 0 Å². The summed E-state index contributed by atoms with van der Waals surface area (Å²) in [6.45, 7) is 0. The van der Waals surface area contributed by atoms with Crippen molar-refractivity contribution in [2.45, 2.75) is 25.0 Å². The minimum absolute atomic E-state index is 0.413. The number of benzene rings is 1. The number of fused-ring (bicyclic) bond motifs is 1. The van der Waals surface area contributed by atoms with Gasteiger partial charge in [-0.1, -0.05) is 36.4 Å². The van der Waals surface area contributed by atoms with E-state index in [0.717, 1.165) is 0 Å². The van der Waals surface area contributed by atoms with Crippen molar-refractivity contribution in [3.05, 3.63) is 42.0 Å². The van der Waals surface area contributed by atoms with E-state index in [1.807, 2.05) is 0 Å². The lowest BCUT2D eigenvalue weighted by Gasteiger charge is -2.08. The Balaban J connectivity index is 1.97. The summed E-state index contributed by atoms with van der Waals surface area (Å²) in [5.74, 6) is 0. The molecule has 1 saturated heterocycles. The lowest BCUT2D eigenvalue weighted by molar-refractivity contribution is 0.387. The minimum Gasteiger partial charge on any atom is -0.364 e. The maximum Gasteiger partial charge on any atom is 0.109 e. The zero-order valence-corrected chi connectivity index (χ0v) is 7.44. The van der Waals surface area contributed by atoms with Gasteiger partial charge in [-0.05, 0) is 24.0 Å². The molecule has 0 amide bonds. The highest BCUT2D eigenvalue weighted by molar-refractivity contribution is 5.72. The van der Waals surface area contributed by atoms with Crippen LogP contribution in [0.4, 0.5) is 0 Å². The van der Waals surface area contributed by atoms with E-state index in [0.29, 0.717) is 12.2 Å². The summed E-state index contributed by atoms with van der Waals surface area (Å²) in [7, 11) is 0. The average Bonchev–Trinajstić information content (AvgIpc) is 2.97. The molecule has 1 heterocycles. The van der Waals surface area contributed by atoms with E-state index in [1.165, 1.54) is 24.0 Å². The second kappa shape index (κ2) is 2.71. The zero-order valence-electron chi connectivity index (χ0n) is 7.44. The Bertz CT molecular complexity index is 339. The standard InChI is InChI=1S/C12H12O/c1-2-5-9(6-3-1)10-7-4-8-11-12(10)13-11/h1-3,5-7,11-12H,4,8H2. The highest BCUT2D eigenvalue weighted by atomic mass is 16.6. The van der Waals surface area contributed by atoms with E-state index in [4.69, 9.17) is 4.74 Å². The van der Waals surface area contributed by atoms with Crippen molar-refractivity contribution in [3.63, 3.8) is 0 Å². The first-order valence-corrected chi connectivity index (χ1v) is 4.86. The van der Waals surface area contributed by atoms with Crippen LogP contribution in [0.2, 0.25) is 0 Å². The molecule has 0 N–H and O–H groups in total. The van der Waals surface area contributed by atoms with Gasteiger partial charge >= 0.3 is 0 Å². The van der Waals surface area contributed by atoms with Gasteiger partial charge in [-0.3, -0.25) is 0 Å². The van der Waals surface area contributed by atoms with Crippen molar-refractivity contribution in [1.82, 2.24) is 0 Å². The summed E-state index contributed by atoms with van der Waals surface area (Å²) in [5.41, 5.74) is 2.73. The van der Waals surface area contributed by atoms with Gasteiger partial charge in [-0.2, -0.15) is 0 Å². The third-order valence-electron chi connectivity index (χ3n) is 2.81. The van der Waals surface area contributed by atoms with Crippen LogP contribution in [-0.4, -0.2) is 12.2 Å². The van der Waals surface area contributed by atoms with Crippen molar-refractivity contribution in [3.8, 4) is 0 Å². The number of ether oxygens (including phenoxy) is 1. The zero-order chi connectivity index (χ0) is 8.67. The van der Waals surface area contributed by atoms with Crippen LogP contribution in [0.1, 0.15) is 18.4 Å². The van der Waals surface area contributed by atoms with Gasteiger partial charge in [0, 0.05) is 0 Å². The molecule has 1 nitrogen and oxygen atoms in total. The van der Waals surface area contributed by atoms with E-state index in [1.54, 1.807) is 0 Å². The minimum atomic E-state index is 0.413. The molecule has 1 heteroatoms. The van der Waals surface area contributed by atoms with E-state index in [9.17, 15) is 0 Å². The molecule has 2 atom stereocenters. The second-order valence-corrected chi connectivity index (χ2v) is 3.70. The molecule has 3 rings (SSSR count). The maximum atomic E-state index is 5.58. The van der Waals surface area contributed by atoms with Crippen molar-refractivity contribution < 1.29 is 4.74 Å². The molecule has 13 heavy (non-hydrogen) atoms. The van der Waals surface area contributed by atoms with Gasteiger partial charge < -0.3 is 4.74 Å². The first kappa shape index (κ1) is 7.34. The van der Waals surface area contributed by atoms with Gasteiger partial charge in [0.2, 0.25) is 0 Å². The summed E-state index contributed by atoms with van der Waals surface area (Å²) >= 11 is 0. The fourth-order valence-electron chi connectivity index (χ4n) is 2.07. The molecule has 1 aromatic rings. The van der Waals surface area contributed by atoms with Gasteiger partial charge in [-0.25, -0.2) is 0 Å². The van der Waals surface area contributed by atoms with Gasteiger partial charge in [0.15, 0.2) is 0 Å². The molecular weight excluding hydrogens is 160 g/mol. The lowest BCUT2D eigenvalue weighted by Crippen LogP contribution is -2.02. The van der Waals surface area contributed by atoms with Crippen molar-refractivity contribution in [1.29, 1.82) is 0 Å². The summed E-state index contributed by atoms with van der Waals surface area (Å²) in [6, 6.07) is 10.5. The molecule has 66 valence electrons. The molecule has 0 bridgehead atoms. The largest absolute Gasteiger partial charge is 0.364 e. The van der Waals surface area contributed by atoms with Crippen LogP contribution in [0, 0.1) is 0 Å². The third-order valence-corrected chi connectivity index (χ3v) is 2.81. The highest BCUT2D eigenvalue weighted by Crippen LogP contribution is 2.41. The van der Waals surface area contributed by atoms with E-state index in [2.05, 4.69) is 36.4 Å². The van der Waals surface area contributed by atoms with Gasteiger partial charge in [0.1, 0.15) is 6.10 Å². The Hall–Kier alpha value is -1.08. The van der Waals surface area contributed by atoms with Crippen LogP contribution in [-0.2, 0) is 4.74 Å². The van der Waals surface area contributed by atoms with Crippen molar-refractivity contribution >= 4 is 5.57 Å². The normalized spacial score (nSPS) is 30.6. The molecule has 2 aliphatic rings. The smallest absolute Gasteiger partial charge is 0.109 e. The SMILES string of the molecule is C1=C(c2ccccc2)C2OC2CC1. The number of allylic oxidation sites excluding steroid dienone is 1. The summed E-state index contributed by atoms with van der Waals surface area (Å²) in [4.78, 5) is 0. The molecule has 2 unspecified atom stereocenters. The summed E-state index contributed by atoms with van der Waals surface area (Å²) < 4.78 is 5.58. The number of hydrogen-bond acceptors (Lipinski definition) is 1. The van der Waals surface area contributed by atoms with Crippen LogP contribution < -0.4 is 0 Å². The van der Waals surface area contributed by atoms with Crippen molar-refractivity contribution in [2.24, 2.45) is 0 Å². The van der Waals surface area contributed by atoms with Gasteiger partial charge in [0.05, 0.1) is 6.10 Å². The maximum absolute atomic E-state index is 5.58. The molecule has 0 aromatic heterocycles. The fraction of sp³-hybridized carbons (Fsp3) is 0.333. The Kier molecular flexibility index (Phi) is 1.53. The van der Waals surface area contributed by atoms with E-state index < -0.39 is 0 Å². The molecule has 0 saturated carbocycles. The first-order chi connectivity index (χ1) is 6.45. The van der Waals surface area contributed by atoms with Crippen LogP contribution in [0.15, 0.2) is 36.4 Å². The Morgan fingerprint density at radius 3 is 2.85 bits per heavy atom. The van der Waals surface area contributed by atoms with Crippen LogP contribution in [0.25, 0.3) is 5.57 Å². The summed E-state index contributed by atoms with van der Waals surface area (Å²) in [5, 5.41) is 0. The molecule has 1 fully saturated rings. The molecule has 0 spiro atoms. The Morgan fingerprint density at radius 2 is 2.00 bits per heavy atom. The predicted molar refractivity (Wildman–Crippen MR) is 52.3 cm³/mol. The molecule has 1 aromatic carbocycles. The highest BCUT2D eigenvalue weighted by Gasteiger charge is 2.43.